The van der Waals surface area contributed by atoms with Crippen LogP contribution < -0.4 is 11.1 Å². The molecule has 1 aliphatic heterocycles. The van der Waals surface area contributed by atoms with Crippen LogP contribution in [-0.4, -0.2) is 35.8 Å². The van der Waals surface area contributed by atoms with Gasteiger partial charge in [0, 0.05) is 11.6 Å². The summed E-state index contributed by atoms with van der Waals surface area (Å²) in [6.45, 7) is 16.5. The van der Waals surface area contributed by atoms with E-state index in [1.54, 1.807) is 0 Å². The Labute approximate surface area is 160 Å². The molecule has 0 bridgehead atoms. The predicted molar refractivity (Wildman–Crippen MR) is 107 cm³/mol. The lowest BCUT2D eigenvalue weighted by Gasteiger charge is -2.34. The first kappa shape index (κ1) is 21.7. The first-order chi connectivity index (χ1) is 11.7. The van der Waals surface area contributed by atoms with Crippen molar-refractivity contribution in [3.63, 3.8) is 0 Å². The minimum absolute atomic E-state index is 0.104. The molecule has 26 heavy (non-hydrogen) atoms. The van der Waals surface area contributed by atoms with Gasteiger partial charge in [-0.05, 0) is 80.0 Å². The van der Waals surface area contributed by atoms with Crippen molar-refractivity contribution >= 4 is 13.0 Å². The minimum Gasteiger partial charge on any atom is -0.403 e. The molecule has 0 aromatic rings. The summed E-state index contributed by atoms with van der Waals surface area (Å²) in [5.74, 6) is 0.445. The average molecular weight is 366 g/mol. The maximum Gasteiger partial charge on any atom is 0.457 e. The van der Waals surface area contributed by atoms with Gasteiger partial charge in [0.15, 0.2) is 0 Å². The third-order valence-corrected chi connectivity index (χ3v) is 6.48. The SMILES string of the molecule is CC(C)(C)NC(=O)[C@]1(C)C[C@@H](N)C[C@@H]1CCCB1OC(C)(C)C(C)(C)O1. The van der Waals surface area contributed by atoms with Crippen molar-refractivity contribution < 1.29 is 14.1 Å². The largest absolute Gasteiger partial charge is 0.457 e. The third-order valence-electron chi connectivity index (χ3n) is 6.48. The summed E-state index contributed by atoms with van der Waals surface area (Å²) >= 11 is 0. The molecule has 1 saturated carbocycles. The fraction of sp³-hybridized carbons (Fsp3) is 0.950. The minimum atomic E-state index is -0.386. The molecule has 5 nitrogen and oxygen atoms in total. The van der Waals surface area contributed by atoms with Gasteiger partial charge in [0.05, 0.1) is 16.6 Å². The van der Waals surface area contributed by atoms with Crippen LogP contribution in [0.4, 0.5) is 0 Å². The van der Waals surface area contributed by atoms with E-state index in [1.807, 2.05) is 20.8 Å². The van der Waals surface area contributed by atoms with E-state index >= 15 is 0 Å². The smallest absolute Gasteiger partial charge is 0.403 e. The Morgan fingerprint density at radius 2 is 1.69 bits per heavy atom. The molecule has 0 radical (unpaired) electrons. The number of rotatable bonds is 5. The van der Waals surface area contributed by atoms with Gasteiger partial charge in [0.25, 0.3) is 0 Å². The molecule has 2 aliphatic rings. The molecule has 0 spiro atoms. The molecule has 3 atom stereocenters. The summed E-state index contributed by atoms with van der Waals surface area (Å²) in [4.78, 5) is 12.9. The lowest BCUT2D eigenvalue weighted by molar-refractivity contribution is -0.133. The predicted octanol–water partition coefficient (Wildman–Crippen LogP) is 3.52. The highest BCUT2D eigenvalue weighted by molar-refractivity contribution is 6.45. The second-order valence-electron chi connectivity index (χ2n) is 10.6. The van der Waals surface area contributed by atoms with E-state index in [9.17, 15) is 4.79 Å². The van der Waals surface area contributed by atoms with Crippen LogP contribution in [-0.2, 0) is 14.1 Å². The highest BCUT2D eigenvalue weighted by Gasteiger charge is 2.51. The molecule has 1 amide bonds. The summed E-state index contributed by atoms with van der Waals surface area (Å²) in [6.07, 6.45) is 4.49. The van der Waals surface area contributed by atoms with E-state index in [0.29, 0.717) is 5.92 Å². The Bertz CT molecular complexity index is 514. The molecule has 150 valence electrons. The van der Waals surface area contributed by atoms with Crippen LogP contribution in [0.2, 0.25) is 6.32 Å². The standard InChI is InChI=1S/C20H39BN2O3/c1-17(2,3)23-16(24)20(8)13-15(22)12-14(20)10-9-11-21-25-18(4,5)19(6,7)26-21/h14-15H,9-13,22H2,1-8H3,(H,23,24)/t14-,15-,20+/m0/s1. The highest BCUT2D eigenvalue weighted by Crippen LogP contribution is 2.46. The summed E-state index contributed by atoms with van der Waals surface area (Å²) in [5, 5.41) is 3.16. The highest BCUT2D eigenvalue weighted by atomic mass is 16.7. The van der Waals surface area contributed by atoms with E-state index < -0.39 is 0 Å². The van der Waals surface area contributed by atoms with Gasteiger partial charge < -0.3 is 20.4 Å². The number of carbonyl (C=O) groups is 1. The molecule has 6 heteroatoms. The summed E-state index contributed by atoms with van der Waals surface area (Å²) in [6, 6.07) is 0.104. The van der Waals surface area contributed by atoms with E-state index in [0.717, 1.165) is 32.0 Å². The van der Waals surface area contributed by atoms with Crippen molar-refractivity contribution in [3.05, 3.63) is 0 Å². The van der Waals surface area contributed by atoms with Crippen LogP contribution in [0.15, 0.2) is 0 Å². The fourth-order valence-electron chi connectivity index (χ4n) is 4.23. The molecule has 1 heterocycles. The van der Waals surface area contributed by atoms with Crippen molar-refractivity contribution in [2.75, 3.05) is 0 Å². The molecule has 2 fully saturated rings. The topological polar surface area (TPSA) is 73.6 Å². The molecule has 3 N–H and O–H groups in total. The molecule has 0 unspecified atom stereocenters. The lowest BCUT2D eigenvalue weighted by Crippen LogP contribution is -2.49. The summed E-state index contributed by atoms with van der Waals surface area (Å²) in [7, 11) is -0.162. The van der Waals surface area contributed by atoms with E-state index in [4.69, 9.17) is 15.0 Å². The van der Waals surface area contributed by atoms with Crippen LogP contribution in [0.25, 0.3) is 0 Å². The zero-order chi connectivity index (χ0) is 20.0. The average Bonchev–Trinajstić information content (AvgIpc) is 2.81. The van der Waals surface area contributed by atoms with E-state index in [2.05, 4.69) is 39.9 Å². The Morgan fingerprint density at radius 1 is 1.15 bits per heavy atom. The van der Waals surface area contributed by atoms with Crippen LogP contribution in [0.1, 0.15) is 81.1 Å². The molecular formula is C20H39BN2O3. The quantitative estimate of drug-likeness (QED) is 0.730. The zero-order valence-electron chi connectivity index (χ0n) is 18.1. The van der Waals surface area contributed by atoms with Gasteiger partial charge in [-0.1, -0.05) is 13.3 Å². The molecular weight excluding hydrogens is 327 g/mol. The number of hydrogen-bond donors (Lipinski definition) is 2. The Balaban J connectivity index is 1.92. The zero-order valence-corrected chi connectivity index (χ0v) is 18.1. The van der Waals surface area contributed by atoms with Gasteiger partial charge in [0.2, 0.25) is 5.91 Å². The normalized spacial score (nSPS) is 33.5. The lowest BCUT2D eigenvalue weighted by atomic mass is 9.73. The fourth-order valence-corrected chi connectivity index (χ4v) is 4.23. The summed E-state index contributed by atoms with van der Waals surface area (Å²) < 4.78 is 12.2. The van der Waals surface area contributed by atoms with Gasteiger partial charge in [-0.2, -0.15) is 0 Å². The Kier molecular flexibility index (Phi) is 5.93. The van der Waals surface area contributed by atoms with Gasteiger partial charge in [-0.3, -0.25) is 4.79 Å². The van der Waals surface area contributed by atoms with Crippen LogP contribution in [0.3, 0.4) is 0 Å². The van der Waals surface area contributed by atoms with Crippen LogP contribution >= 0.6 is 0 Å². The van der Waals surface area contributed by atoms with Gasteiger partial charge in [0.1, 0.15) is 0 Å². The second kappa shape index (κ2) is 7.10. The molecule has 0 aromatic heterocycles. The van der Waals surface area contributed by atoms with Gasteiger partial charge in [-0.15, -0.1) is 0 Å². The Hall–Kier alpha value is -0.585. The maximum absolute atomic E-state index is 12.9. The molecule has 1 aliphatic carbocycles. The number of carbonyl (C=O) groups excluding carboxylic acids is 1. The first-order valence-electron chi connectivity index (χ1n) is 10.1. The third kappa shape index (κ3) is 4.63. The second-order valence-corrected chi connectivity index (χ2v) is 10.6. The number of amides is 1. The maximum atomic E-state index is 12.9. The van der Waals surface area contributed by atoms with E-state index in [-0.39, 0.29) is 41.2 Å². The number of hydrogen-bond acceptors (Lipinski definition) is 4. The monoisotopic (exact) mass is 366 g/mol. The summed E-state index contributed by atoms with van der Waals surface area (Å²) in [5.41, 5.74) is 5.06. The molecule has 2 rings (SSSR count). The van der Waals surface area contributed by atoms with Crippen molar-refractivity contribution in [2.24, 2.45) is 17.1 Å². The van der Waals surface area contributed by atoms with Crippen molar-refractivity contribution in [2.45, 2.75) is 110 Å². The van der Waals surface area contributed by atoms with E-state index in [1.165, 1.54) is 0 Å². The van der Waals surface area contributed by atoms with Gasteiger partial charge >= 0.3 is 7.12 Å². The van der Waals surface area contributed by atoms with Gasteiger partial charge in [-0.25, -0.2) is 0 Å². The molecule has 1 saturated heterocycles. The number of nitrogens with two attached hydrogens (primary N) is 1. The van der Waals surface area contributed by atoms with Crippen molar-refractivity contribution in [1.29, 1.82) is 0 Å². The molecule has 0 aromatic carbocycles. The number of nitrogens with one attached hydrogen (secondary N) is 1. The van der Waals surface area contributed by atoms with Crippen LogP contribution in [0.5, 0.6) is 0 Å². The first-order valence-corrected chi connectivity index (χ1v) is 10.1. The Morgan fingerprint density at radius 3 is 2.19 bits per heavy atom. The van der Waals surface area contributed by atoms with Crippen LogP contribution in [0, 0.1) is 11.3 Å². The van der Waals surface area contributed by atoms with Crippen molar-refractivity contribution in [3.8, 4) is 0 Å². The van der Waals surface area contributed by atoms with Crippen molar-refractivity contribution in [1.82, 2.24) is 5.32 Å².